The summed E-state index contributed by atoms with van der Waals surface area (Å²) in [6.45, 7) is 0.348. The van der Waals surface area contributed by atoms with Crippen LogP contribution in [0.3, 0.4) is 0 Å². The van der Waals surface area contributed by atoms with Crippen LogP contribution in [0.1, 0.15) is 28.8 Å². The van der Waals surface area contributed by atoms with Crippen molar-refractivity contribution >= 4 is 16.8 Å². The number of hydrogen-bond donors (Lipinski definition) is 1. The van der Waals surface area contributed by atoms with Crippen molar-refractivity contribution in [1.82, 2.24) is 14.1 Å². The SMILES string of the molecule is Cn1c(=O)n(CCN)c(=O)c2c3c(cnc21)C(=O)CCC3. The first-order valence-corrected chi connectivity index (χ1v) is 6.91. The Balaban J connectivity index is 2.49. The fourth-order valence-corrected chi connectivity index (χ4v) is 2.90. The summed E-state index contributed by atoms with van der Waals surface area (Å²) in [6.07, 6.45) is 3.31. The van der Waals surface area contributed by atoms with Gasteiger partial charge in [-0.15, -0.1) is 0 Å². The van der Waals surface area contributed by atoms with E-state index in [1.807, 2.05) is 0 Å². The molecular weight excluding hydrogens is 272 g/mol. The van der Waals surface area contributed by atoms with Gasteiger partial charge in [0.05, 0.1) is 5.39 Å². The highest BCUT2D eigenvalue weighted by atomic mass is 16.2. The minimum absolute atomic E-state index is 0.00396. The van der Waals surface area contributed by atoms with Gasteiger partial charge in [0, 0.05) is 38.3 Å². The molecule has 1 aliphatic rings. The Morgan fingerprint density at radius 2 is 2.05 bits per heavy atom. The number of nitrogens with zero attached hydrogens (tertiary/aromatic N) is 3. The minimum atomic E-state index is -0.437. The number of aromatic nitrogens is 3. The number of ketones is 1. The maximum absolute atomic E-state index is 12.6. The van der Waals surface area contributed by atoms with Gasteiger partial charge >= 0.3 is 5.69 Å². The molecule has 0 saturated carbocycles. The van der Waals surface area contributed by atoms with Gasteiger partial charge in [0.1, 0.15) is 5.65 Å². The Morgan fingerprint density at radius 1 is 1.29 bits per heavy atom. The first-order valence-electron chi connectivity index (χ1n) is 6.91. The lowest BCUT2D eigenvalue weighted by Gasteiger charge is -2.17. The third kappa shape index (κ3) is 1.92. The molecule has 7 nitrogen and oxygen atoms in total. The summed E-state index contributed by atoms with van der Waals surface area (Å²) in [4.78, 5) is 40.9. The first-order chi connectivity index (χ1) is 10.1. The van der Waals surface area contributed by atoms with Crippen molar-refractivity contribution in [2.75, 3.05) is 6.54 Å². The predicted octanol–water partition coefficient (Wildman–Crippen LogP) is -0.427. The standard InChI is InChI=1S/C14H16N4O3/c1-17-12-11(13(20)18(6-5-15)14(17)21)8-3-2-4-10(19)9(8)7-16-12/h7H,2-6,15H2,1H3. The molecule has 0 aromatic carbocycles. The van der Waals surface area contributed by atoms with Crippen LogP contribution in [-0.2, 0) is 20.0 Å². The van der Waals surface area contributed by atoms with E-state index in [2.05, 4.69) is 4.98 Å². The van der Waals surface area contributed by atoms with E-state index in [0.29, 0.717) is 41.4 Å². The number of pyridine rings is 1. The summed E-state index contributed by atoms with van der Waals surface area (Å²) in [5, 5.41) is 0.371. The molecule has 2 heterocycles. The smallest absolute Gasteiger partial charge is 0.329 e. The predicted molar refractivity (Wildman–Crippen MR) is 77.6 cm³/mol. The maximum Gasteiger partial charge on any atom is 0.332 e. The number of rotatable bonds is 2. The van der Waals surface area contributed by atoms with Gasteiger partial charge in [0.2, 0.25) is 0 Å². The molecule has 21 heavy (non-hydrogen) atoms. The zero-order valence-electron chi connectivity index (χ0n) is 11.8. The van der Waals surface area contributed by atoms with Gasteiger partial charge in [-0.05, 0) is 18.4 Å². The second kappa shape index (κ2) is 4.92. The molecule has 0 unspecified atom stereocenters. The monoisotopic (exact) mass is 288 g/mol. The second-order valence-corrected chi connectivity index (χ2v) is 5.21. The zero-order valence-corrected chi connectivity index (χ0v) is 11.8. The lowest BCUT2D eigenvalue weighted by molar-refractivity contribution is 0.0972. The van der Waals surface area contributed by atoms with Crippen LogP contribution in [0.4, 0.5) is 0 Å². The number of nitrogens with two attached hydrogens (primary N) is 1. The van der Waals surface area contributed by atoms with Crippen LogP contribution in [0.15, 0.2) is 15.8 Å². The van der Waals surface area contributed by atoms with Crippen LogP contribution in [0.25, 0.3) is 11.0 Å². The topological polar surface area (TPSA) is 100.0 Å². The lowest BCUT2D eigenvalue weighted by Crippen LogP contribution is -2.41. The van der Waals surface area contributed by atoms with Crippen molar-refractivity contribution in [3.05, 3.63) is 38.2 Å². The van der Waals surface area contributed by atoms with Gasteiger partial charge in [-0.2, -0.15) is 0 Å². The Bertz CT molecular complexity index is 863. The average molecular weight is 288 g/mol. The van der Waals surface area contributed by atoms with Gasteiger partial charge in [0.25, 0.3) is 5.56 Å². The zero-order chi connectivity index (χ0) is 15.1. The van der Waals surface area contributed by atoms with Gasteiger partial charge < -0.3 is 5.73 Å². The van der Waals surface area contributed by atoms with Crippen molar-refractivity contribution in [3.8, 4) is 0 Å². The van der Waals surface area contributed by atoms with Crippen LogP contribution < -0.4 is 17.0 Å². The molecular formula is C14H16N4O3. The summed E-state index contributed by atoms with van der Waals surface area (Å²) in [6, 6.07) is 0. The number of carbonyl (C=O) groups excluding carboxylic acids is 1. The second-order valence-electron chi connectivity index (χ2n) is 5.21. The van der Waals surface area contributed by atoms with E-state index in [1.165, 1.54) is 10.8 Å². The van der Waals surface area contributed by atoms with Crippen molar-refractivity contribution in [2.45, 2.75) is 25.8 Å². The highest BCUT2D eigenvalue weighted by Crippen LogP contribution is 2.24. The van der Waals surface area contributed by atoms with Gasteiger partial charge in [0.15, 0.2) is 5.78 Å². The number of fused-ring (bicyclic) bond motifs is 3. The average Bonchev–Trinajstić information content (AvgIpc) is 2.48. The van der Waals surface area contributed by atoms with Crippen molar-refractivity contribution < 1.29 is 4.79 Å². The first kappa shape index (κ1) is 13.7. The Kier molecular flexibility index (Phi) is 3.21. The molecule has 2 aromatic rings. The highest BCUT2D eigenvalue weighted by molar-refractivity contribution is 6.01. The minimum Gasteiger partial charge on any atom is -0.329 e. The van der Waals surface area contributed by atoms with E-state index in [0.717, 1.165) is 4.57 Å². The van der Waals surface area contributed by atoms with E-state index < -0.39 is 11.2 Å². The van der Waals surface area contributed by atoms with Crippen molar-refractivity contribution in [1.29, 1.82) is 0 Å². The van der Waals surface area contributed by atoms with Gasteiger partial charge in [-0.3, -0.25) is 18.7 Å². The normalized spacial score (nSPS) is 14.5. The van der Waals surface area contributed by atoms with Gasteiger partial charge in [-0.25, -0.2) is 9.78 Å². The quantitative estimate of drug-likeness (QED) is 0.808. The van der Waals surface area contributed by atoms with Crippen molar-refractivity contribution in [3.63, 3.8) is 0 Å². The van der Waals surface area contributed by atoms with E-state index in [4.69, 9.17) is 5.73 Å². The molecule has 0 bridgehead atoms. The van der Waals surface area contributed by atoms with Gasteiger partial charge in [-0.1, -0.05) is 0 Å². The van der Waals surface area contributed by atoms with Crippen LogP contribution in [-0.4, -0.2) is 26.4 Å². The molecule has 0 radical (unpaired) electrons. The Labute approximate surface area is 120 Å². The molecule has 0 atom stereocenters. The van der Waals surface area contributed by atoms with E-state index in [-0.39, 0.29) is 18.9 Å². The fraction of sp³-hybridized carbons (Fsp3) is 0.429. The molecule has 0 spiro atoms. The summed E-state index contributed by atoms with van der Waals surface area (Å²) >= 11 is 0. The molecule has 0 fully saturated rings. The van der Waals surface area contributed by atoms with E-state index in [9.17, 15) is 14.4 Å². The number of Topliss-reactive ketones (excluding diaryl/α,β-unsaturated/α-hetero) is 1. The Morgan fingerprint density at radius 3 is 2.76 bits per heavy atom. The molecule has 0 aliphatic heterocycles. The molecule has 1 aliphatic carbocycles. The fourth-order valence-electron chi connectivity index (χ4n) is 2.90. The summed E-state index contributed by atoms with van der Waals surface area (Å²) in [5.74, 6) is 0.00396. The third-order valence-corrected chi connectivity index (χ3v) is 3.94. The lowest BCUT2D eigenvalue weighted by atomic mass is 9.90. The molecule has 2 N–H and O–H groups in total. The Hall–Kier alpha value is -2.28. The maximum atomic E-state index is 12.6. The van der Waals surface area contributed by atoms with Crippen molar-refractivity contribution in [2.24, 2.45) is 12.8 Å². The molecule has 7 heteroatoms. The molecule has 110 valence electrons. The number of carbonyl (C=O) groups is 1. The van der Waals surface area contributed by atoms with Crippen LogP contribution >= 0.6 is 0 Å². The molecule has 0 saturated heterocycles. The number of hydrogen-bond acceptors (Lipinski definition) is 5. The summed E-state index contributed by atoms with van der Waals surface area (Å²) in [7, 11) is 1.57. The highest BCUT2D eigenvalue weighted by Gasteiger charge is 2.23. The van der Waals surface area contributed by atoms with Crippen LogP contribution in [0, 0.1) is 0 Å². The molecule has 2 aromatic heterocycles. The van der Waals surface area contributed by atoms with E-state index >= 15 is 0 Å². The van der Waals surface area contributed by atoms with Crippen LogP contribution in [0.5, 0.6) is 0 Å². The molecule has 3 rings (SSSR count). The molecule has 0 amide bonds. The third-order valence-electron chi connectivity index (χ3n) is 3.94. The van der Waals surface area contributed by atoms with E-state index in [1.54, 1.807) is 7.05 Å². The largest absolute Gasteiger partial charge is 0.332 e. The summed E-state index contributed by atoms with van der Waals surface area (Å²) in [5.41, 5.74) is 6.17. The van der Waals surface area contributed by atoms with Crippen LogP contribution in [0.2, 0.25) is 0 Å². The number of aryl methyl sites for hydroxylation is 2. The summed E-state index contributed by atoms with van der Waals surface area (Å²) < 4.78 is 2.45.